The minimum Gasteiger partial charge on any atom is -0.491 e. The number of rotatable bonds is 5. The Morgan fingerprint density at radius 3 is 2.63 bits per heavy atom. The molecule has 3 nitrogen and oxygen atoms in total. The largest absolute Gasteiger partial charge is 0.491 e. The van der Waals surface area contributed by atoms with Gasteiger partial charge >= 0.3 is 0 Å². The number of piperidine rings is 1. The summed E-state index contributed by atoms with van der Waals surface area (Å²) >= 11 is 0. The van der Waals surface area contributed by atoms with Crippen LogP contribution in [0.4, 0.5) is 10.1 Å². The smallest absolute Gasteiger partial charge is 0.125 e. The highest BCUT2D eigenvalue weighted by Gasteiger charge is 2.47. The van der Waals surface area contributed by atoms with Crippen LogP contribution in [0.5, 0.6) is 5.75 Å². The van der Waals surface area contributed by atoms with E-state index in [2.05, 4.69) is 61.8 Å². The molecule has 2 aromatic carbocycles. The van der Waals surface area contributed by atoms with Crippen molar-refractivity contribution in [3.8, 4) is 5.75 Å². The molecule has 30 heavy (non-hydrogen) atoms. The Bertz CT molecular complexity index is 870. The third-order valence-corrected chi connectivity index (χ3v) is 6.73. The van der Waals surface area contributed by atoms with Crippen molar-refractivity contribution in [2.24, 2.45) is 5.92 Å². The van der Waals surface area contributed by atoms with Crippen molar-refractivity contribution in [2.45, 2.75) is 71.2 Å². The number of likely N-dealkylation sites (tertiary alicyclic amines) is 1. The predicted octanol–water partition coefficient (Wildman–Crippen LogP) is 5.88. The summed E-state index contributed by atoms with van der Waals surface area (Å²) in [6, 6.07) is 16.1. The molecular weight excluding hydrogens is 375 g/mol. The molecule has 2 aromatic rings. The van der Waals surface area contributed by atoms with E-state index in [0.29, 0.717) is 12.0 Å². The molecule has 2 fully saturated rings. The first-order valence-electron chi connectivity index (χ1n) is 11.4. The molecule has 4 rings (SSSR count). The molecule has 0 bridgehead atoms. The van der Waals surface area contributed by atoms with Gasteiger partial charge < -0.3 is 9.64 Å². The summed E-state index contributed by atoms with van der Waals surface area (Å²) in [4.78, 5) is 5.10. The molecular formula is C26H35FN2O. The van der Waals surface area contributed by atoms with Gasteiger partial charge in [-0.1, -0.05) is 25.1 Å². The molecule has 4 heteroatoms. The van der Waals surface area contributed by atoms with E-state index in [4.69, 9.17) is 4.74 Å². The van der Waals surface area contributed by atoms with Crippen molar-refractivity contribution in [3.05, 3.63) is 59.9 Å². The van der Waals surface area contributed by atoms with Crippen molar-refractivity contribution in [1.82, 2.24) is 4.90 Å². The van der Waals surface area contributed by atoms with Gasteiger partial charge in [-0.25, -0.2) is 4.39 Å². The Kier molecular flexibility index (Phi) is 6.06. The predicted molar refractivity (Wildman–Crippen MR) is 122 cm³/mol. The van der Waals surface area contributed by atoms with Crippen LogP contribution in [-0.4, -0.2) is 35.7 Å². The van der Waals surface area contributed by atoms with Crippen LogP contribution in [0.15, 0.2) is 48.5 Å². The maximum absolute atomic E-state index is 13.9. The van der Waals surface area contributed by atoms with Gasteiger partial charge in [-0.05, 0) is 81.8 Å². The monoisotopic (exact) mass is 410 g/mol. The Balaban J connectivity index is 1.48. The standard InChI is InChI=1S/C26H35FN2O/c1-19(2)30-25-10-5-7-22(13-25)18-28-12-11-26(16-21(28)4)15-20(3)17-29(26)24-9-6-8-23(27)14-24/h5-10,13-14,19-21H,11-12,15-18H2,1-4H3/t20?,21-,26-/m0/s1. The first kappa shape index (κ1) is 21.2. The van der Waals surface area contributed by atoms with Crippen LogP contribution < -0.4 is 9.64 Å². The zero-order valence-electron chi connectivity index (χ0n) is 18.8. The van der Waals surface area contributed by atoms with Crippen molar-refractivity contribution in [1.29, 1.82) is 0 Å². The fourth-order valence-corrected chi connectivity index (χ4v) is 5.59. The van der Waals surface area contributed by atoms with Crippen molar-refractivity contribution in [3.63, 3.8) is 0 Å². The lowest BCUT2D eigenvalue weighted by atomic mass is 9.79. The van der Waals surface area contributed by atoms with Gasteiger partial charge in [0.25, 0.3) is 0 Å². The summed E-state index contributed by atoms with van der Waals surface area (Å²) in [7, 11) is 0. The van der Waals surface area contributed by atoms with Gasteiger partial charge in [0, 0.05) is 36.9 Å². The minimum absolute atomic E-state index is 0.142. The van der Waals surface area contributed by atoms with Crippen LogP contribution in [-0.2, 0) is 6.54 Å². The van der Waals surface area contributed by atoms with E-state index in [9.17, 15) is 4.39 Å². The molecule has 0 saturated carbocycles. The zero-order valence-corrected chi connectivity index (χ0v) is 18.8. The zero-order chi connectivity index (χ0) is 21.3. The van der Waals surface area contributed by atoms with E-state index < -0.39 is 0 Å². The first-order chi connectivity index (χ1) is 14.3. The van der Waals surface area contributed by atoms with Gasteiger partial charge in [-0.3, -0.25) is 4.90 Å². The lowest BCUT2D eigenvalue weighted by molar-refractivity contribution is 0.0979. The SMILES string of the molecule is CC1CN(c2cccc(F)c2)[C@@]2(CCN(Cc3cccc(OC(C)C)c3)[C@@H](C)C2)C1. The second-order valence-corrected chi connectivity index (χ2v) is 9.71. The number of hydrogen-bond acceptors (Lipinski definition) is 3. The molecule has 0 aliphatic carbocycles. The molecule has 162 valence electrons. The lowest BCUT2D eigenvalue weighted by Crippen LogP contribution is -2.55. The van der Waals surface area contributed by atoms with Crippen LogP contribution in [0.2, 0.25) is 0 Å². The van der Waals surface area contributed by atoms with Crippen molar-refractivity contribution in [2.75, 3.05) is 18.0 Å². The van der Waals surface area contributed by atoms with Crippen LogP contribution in [0.25, 0.3) is 0 Å². The molecule has 0 aromatic heterocycles. The molecule has 0 amide bonds. The van der Waals surface area contributed by atoms with Gasteiger partial charge in [-0.15, -0.1) is 0 Å². The lowest BCUT2D eigenvalue weighted by Gasteiger charge is -2.49. The fraction of sp³-hybridized carbons (Fsp3) is 0.538. The summed E-state index contributed by atoms with van der Waals surface area (Å²) in [5.74, 6) is 1.44. The minimum atomic E-state index is -0.142. The molecule has 2 heterocycles. The second kappa shape index (κ2) is 8.58. The summed E-state index contributed by atoms with van der Waals surface area (Å²) in [5.41, 5.74) is 2.49. The molecule has 1 unspecified atom stereocenters. The Morgan fingerprint density at radius 2 is 1.90 bits per heavy atom. The summed E-state index contributed by atoms with van der Waals surface area (Å²) < 4.78 is 19.8. The summed E-state index contributed by atoms with van der Waals surface area (Å²) in [6.45, 7) is 11.8. The average Bonchev–Trinajstić information content (AvgIpc) is 2.99. The number of nitrogens with zero attached hydrogens (tertiary/aromatic N) is 2. The molecule has 0 N–H and O–H groups in total. The number of ether oxygens (including phenoxy) is 1. The van der Waals surface area contributed by atoms with Crippen LogP contribution in [0.3, 0.4) is 0 Å². The number of hydrogen-bond donors (Lipinski definition) is 0. The third-order valence-electron chi connectivity index (χ3n) is 6.73. The average molecular weight is 411 g/mol. The van der Waals surface area contributed by atoms with Crippen molar-refractivity contribution < 1.29 is 9.13 Å². The van der Waals surface area contributed by atoms with Crippen LogP contribution in [0.1, 0.15) is 52.5 Å². The van der Waals surface area contributed by atoms with Crippen LogP contribution in [0, 0.1) is 11.7 Å². The van der Waals surface area contributed by atoms with E-state index >= 15 is 0 Å². The van der Waals surface area contributed by atoms with Gasteiger partial charge in [0.2, 0.25) is 0 Å². The van der Waals surface area contributed by atoms with Gasteiger partial charge in [0.1, 0.15) is 11.6 Å². The highest BCUT2D eigenvalue weighted by Crippen LogP contribution is 2.45. The van der Waals surface area contributed by atoms with E-state index in [1.807, 2.05) is 12.1 Å². The highest BCUT2D eigenvalue weighted by molar-refractivity contribution is 5.51. The van der Waals surface area contributed by atoms with Gasteiger partial charge in [0.15, 0.2) is 0 Å². The molecule has 3 atom stereocenters. The Hall–Kier alpha value is -2.07. The molecule has 2 aliphatic heterocycles. The third kappa shape index (κ3) is 4.49. The quantitative estimate of drug-likeness (QED) is 0.612. The first-order valence-corrected chi connectivity index (χ1v) is 11.4. The molecule has 2 aliphatic rings. The Morgan fingerprint density at radius 1 is 1.10 bits per heavy atom. The normalized spacial score (nSPS) is 27.2. The van der Waals surface area contributed by atoms with Gasteiger partial charge in [-0.2, -0.15) is 0 Å². The molecule has 0 radical (unpaired) electrons. The van der Waals surface area contributed by atoms with E-state index in [-0.39, 0.29) is 17.5 Å². The van der Waals surface area contributed by atoms with Gasteiger partial charge in [0.05, 0.1) is 6.10 Å². The second-order valence-electron chi connectivity index (χ2n) is 9.71. The van der Waals surface area contributed by atoms with E-state index in [1.54, 1.807) is 6.07 Å². The number of anilines is 1. The number of benzene rings is 2. The topological polar surface area (TPSA) is 15.7 Å². The van der Waals surface area contributed by atoms with E-state index in [0.717, 1.165) is 43.9 Å². The summed E-state index contributed by atoms with van der Waals surface area (Å²) in [6.07, 6.45) is 3.63. The van der Waals surface area contributed by atoms with E-state index in [1.165, 1.54) is 18.1 Å². The highest BCUT2D eigenvalue weighted by atomic mass is 19.1. The van der Waals surface area contributed by atoms with Crippen molar-refractivity contribution >= 4 is 5.69 Å². The maximum Gasteiger partial charge on any atom is 0.125 e. The number of halogens is 1. The fourth-order valence-electron chi connectivity index (χ4n) is 5.59. The van der Waals surface area contributed by atoms with Crippen LogP contribution >= 0.6 is 0 Å². The summed E-state index contributed by atoms with van der Waals surface area (Å²) in [5, 5.41) is 0. The maximum atomic E-state index is 13.9. The Labute approximate surface area is 180 Å². The molecule has 1 spiro atoms. The molecule has 2 saturated heterocycles.